The zero-order valence-electron chi connectivity index (χ0n) is 17.0. The van der Waals surface area contributed by atoms with Crippen LogP contribution in [0.3, 0.4) is 0 Å². The number of aromatic nitrogens is 3. The Kier molecular flexibility index (Phi) is 6.06. The molecule has 30 heavy (non-hydrogen) atoms. The second-order valence-electron chi connectivity index (χ2n) is 6.98. The zero-order valence-corrected chi connectivity index (χ0v) is 18.6. The van der Waals surface area contributed by atoms with Gasteiger partial charge in [-0.25, -0.2) is 0 Å². The van der Waals surface area contributed by atoms with Gasteiger partial charge >= 0.3 is 0 Å². The summed E-state index contributed by atoms with van der Waals surface area (Å²) in [6.45, 7) is 6.65. The first-order chi connectivity index (χ1) is 14.5. The highest BCUT2D eigenvalue weighted by atomic mass is 32.2. The van der Waals surface area contributed by atoms with Crippen LogP contribution in [0.25, 0.3) is 0 Å². The molecule has 8 heteroatoms. The number of benzene rings is 1. The number of anilines is 2. The van der Waals surface area contributed by atoms with Crippen LogP contribution in [-0.4, -0.2) is 26.3 Å². The van der Waals surface area contributed by atoms with Crippen LogP contribution >= 0.6 is 23.1 Å². The molecular weight excluding hydrogens is 416 g/mol. The highest BCUT2D eigenvalue weighted by Gasteiger charge is 2.17. The molecule has 3 heterocycles. The Hall–Kier alpha value is -2.84. The summed E-state index contributed by atoms with van der Waals surface area (Å²) in [6.07, 6.45) is 1.66. The highest BCUT2D eigenvalue weighted by molar-refractivity contribution is 8.01. The topological polar surface area (TPSA) is 73.0 Å². The molecule has 0 saturated carbocycles. The second-order valence-corrected chi connectivity index (χ2v) is 9.18. The number of furan rings is 1. The summed E-state index contributed by atoms with van der Waals surface area (Å²) in [5.74, 6) is 1.28. The van der Waals surface area contributed by atoms with Gasteiger partial charge in [0.1, 0.15) is 5.76 Å². The average Bonchev–Trinajstić information content (AvgIpc) is 3.46. The van der Waals surface area contributed by atoms with E-state index in [2.05, 4.69) is 20.1 Å². The SMILES string of the molecule is Cc1ccccc1Nc1nnc(SCC(=O)c2cc(C)n(Cc3ccco3)c2C)s1. The first kappa shape index (κ1) is 20.4. The number of nitrogens with zero attached hydrogens (tertiary/aromatic N) is 3. The third-order valence-corrected chi connectivity index (χ3v) is 6.86. The highest BCUT2D eigenvalue weighted by Crippen LogP contribution is 2.29. The van der Waals surface area contributed by atoms with Crippen LogP contribution < -0.4 is 5.32 Å². The number of carbonyl (C=O) groups is 1. The normalized spacial score (nSPS) is 11.0. The Morgan fingerprint density at radius 2 is 2.00 bits per heavy atom. The summed E-state index contributed by atoms with van der Waals surface area (Å²) in [6, 6.07) is 13.8. The maximum absolute atomic E-state index is 12.8. The Morgan fingerprint density at radius 1 is 1.17 bits per heavy atom. The van der Waals surface area contributed by atoms with E-state index in [1.807, 2.05) is 63.2 Å². The minimum atomic E-state index is 0.0856. The van der Waals surface area contributed by atoms with E-state index in [4.69, 9.17) is 4.42 Å². The van der Waals surface area contributed by atoms with Crippen molar-refractivity contribution in [1.29, 1.82) is 0 Å². The van der Waals surface area contributed by atoms with Gasteiger partial charge in [-0.2, -0.15) is 0 Å². The average molecular weight is 439 g/mol. The first-order valence-corrected chi connectivity index (χ1v) is 11.3. The van der Waals surface area contributed by atoms with Gasteiger partial charge in [0.25, 0.3) is 0 Å². The third kappa shape index (κ3) is 4.49. The number of nitrogens with one attached hydrogen (secondary N) is 1. The lowest BCUT2D eigenvalue weighted by Crippen LogP contribution is -2.07. The molecule has 6 nitrogen and oxygen atoms in total. The molecule has 0 spiro atoms. The van der Waals surface area contributed by atoms with Crippen LogP contribution in [0.1, 0.15) is 33.1 Å². The summed E-state index contributed by atoms with van der Waals surface area (Å²) in [5, 5.41) is 12.4. The number of para-hydroxylation sites is 1. The van der Waals surface area contributed by atoms with Crippen molar-refractivity contribution in [3.63, 3.8) is 0 Å². The van der Waals surface area contributed by atoms with Crippen molar-refractivity contribution >= 4 is 39.7 Å². The molecule has 0 radical (unpaired) electrons. The van der Waals surface area contributed by atoms with Crippen molar-refractivity contribution in [1.82, 2.24) is 14.8 Å². The van der Waals surface area contributed by atoms with Crippen LogP contribution in [0.2, 0.25) is 0 Å². The van der Waals surface area contributed by atoms with E-state index in [0.29, 0.717) is 12.3 Å². The van der Waals surface area contributed by atoms with Gasteiger partial charge < -0.3 is 14.3 Å². The van der Waals surface area contributed by atoms with Crippen LogP contribution in [0.4, 0.5) is 10.8 Å². The molecule has 0 bridgehead atoms. The van der Waals surface area contributed by atoms with Gasteiger partial charge in [-0.1, -0.05) is 41.3 Å². The van der Waals surface area contributed by atoms with Gasteiger partial charge in [-0.15, -0.1) is 10.2 Å². The van der Waals surface area contributed by atoms with Gasteiger partial charge in [-0.3, -0.25) is 4.79 Å². The van der Waals surface area contributed by atoms with Gasteiger partial charge in [0.15, 0.2) is 10.1 Å². The molecule has 0 saturated heterocycles. The van der Waals surface area contributed by atoms with Crippen LogP contribution in [0.5, 0.6) is 0 Å². The molecule has 0 aliphatic heterocycles. The minimum Gasteiger partial charge on any atom is -0.467 e. The third-order valence-electron chi connectivity index (χ3n) is 4.89. The van der Waals surface area contributed by atoms with E-state index >= 15 is 0 Å². The lowest BCUT2D eigenvalue weighted by molar-refractivity contribution is 0.102. The van der Waals surface area contributed by atoms with Crippen molar-refractivity contribution in [2.24, 2.45) is 0 Å². The molecule has 1 aromatic carbocycles. The summed E-state index contributed by atoms with van der Waals surface area (Å²) in [7, 11) is 0. The van der Waals surface area contributed by atoms with Crippen molar-refractivity contribution in [2.75, 3.05) is 11.1 Å². The van der Waals surface area contributed by atoms with E-state index in [1.54, 1.807) is 6.26 Å². The zero-order chi connectivity index (χ0) is 21.1. The van der Waals surface area contributed by atoms with E-state index in [1.165, 1.54) is 23.1 Å². The van der Waals surface area contributed by atoms with Crippen molar-refractivity contribution in [3.05, 3.63) is 77.0 Å². The summed E-state index contributed by atoms with van der Waals surface area (Å²) < 4.78 is 8.32. The Bertz CT molecular complexity index is 1160. The molecule has 1 N–H and O–H groups in total. The predicted octanol–water partition coefficient (Wildman–Crippen LogP) is 5.62. The first-order valence-electron chi connectivity index (χ1n) is 9.52. The molecule has 4 aromatic rings. The van der Waals surface area contributed by atoms with Gasteiger partial charge in [0.2, 0.25) is 5.13 Å². The number of hydrogen-bond donors (Lipinski definition) is 1. The molecule has 4 rings (SSSR count). The minimum absolute atomic E-state index is 0.0856. The lowest BCUT2D eigenvalue weighted by Gasteiger charge is -2.07. The Balaban J connectivity index is 1.39. The van der Waals surface area contributed by atoms with Crippen molar-refractivity contribution in [2.45, 2.75) is 31.7 Å². The molecular formula is C22H22N4O2S2. The molecule has 0 atom stereocenters. The van der Waals surface area contributed by atoms with Gasteiger partial charge in [-0.05, 0) is 50.6 Å². The summed E-state index contributed by atoms with van der Waals surface area (Å²) in [5.41, 5.74) is 4.88. The summed E-state index contributed by atoms with van der Waals surface area (Å²) in [4.78, 5) is 12.8. The molecule has 0 unspecified atom stereocenters. The lowest BCUT2D eigenvalue weighted by atomic mass is 10.2. The maximum Gasteiger partial charge on any atom is 0.210 e. The molecule has 0 amide bonds. The fourth-order valence-corrected chi connectivity index (χ4v) is 4.88. The van der Waals surface area contributed by atoms with Crippen LogP contribution in [-0.2, 0) is 6.54 Å². The maximum atomic E-state index is 12.8. The quantitative estimate of drug-likeness (QED) is 0.284. The number of aryl methyl sites for hydroxylation is 2. The van der Waals surface area contributed by atoms with E-state index in [0.717, 1.165) is 43.4 Å². The second kappa shape index (κ2) is 8.89. The number of Topliss-reactive ketones (excluding diaryl/α,β-unsaturated/α-hetero) is 1. The van der Waals surface area contributed by atoms with Crippen molar-refractivity contribution in [3.8, 4) is 0 Å². The molecule has 0 fully saturated rings. The number of hydrogen-bond acceptors (Lipinski definition) is 7. The fourth-order valence-electron chi connectivity index (χ4n) is 3.24. The standard InChI is InChI=1S/C22H22N4O2S2/c1-14-7-4-5-9-19(14)23-21-24-25-22(30-21)29-13-20(27)18-11-15(2)26(16(18)3)12-17-8-6-10-28-17/h4-11H,12-13H2,1-3H3,(H,23,24). The largest absolute Gasteiger partial charge is 0.467 e. The van der Waals surface area contributed by atoms with Crippen molar-refractivity contribution < 1.29 is 9.21 Å². The van der Waals surface area contributed by atoms with Crippen LogP contribution in [0, 0.1) is 20.8 Å². The summed E-state index contributed by atoms with van der Waals surface area (Å²) >= 11 is 2.86. The van der Waals surface area contributed by atoms with Gasteiger partial charge in [0, 0.05) is 22.6 Å². The predicted molar refractivity (Wildman–Crippen MR) is 121 cm³/mol. The molecule has 154 valence electrons. The molecule has 3 aromatic heterocycles. The molecule has 0 aliphatic carbocycles. The van der Waals surface area contributed by atoms with Gasteiger partial charge in [0.05, 0.1) is 18.6 Å². The van der Waals surface area contributed by atoms with Crippen LogP contribution in [0.15, 0.2) is 57.5 Å². The number of thioether (sulfide) groups is 1. The number of ketones is 1. The monoisotopic (exact) mass is 438 g/mol. The van der Waals surface area contributed by atoms with E-state index in [-0.39, 0.29) is 5.78 Å². The Labute approximate surface area is 183 Å². The van der Waals surface area contributed by atoms with E-state index < -0.39 is 0 Å². The smallest absolute Gasteiger partial charge is 0.210 e. The number of rotatable bonds is 8. The molecule has 0 aliphatic rings. The number of carbonyl (C=O) groups excluding carboxylic acids is 1. The fraction of sp³-hybridized carbons (Fsp3) is 0.227. The van der Waals surface area contributed by atoms with E-state index in [9.17, 15) is 4.79 Å². The Morgan fingerprint density at radius 3 is 2.77 bits per heavy atom.